The highest BCUT2D eigenvalue weighted by molar-refractivity contribution is 6.03. The fourth-order valence-corrected chi connectivity index (χ4v) is 3.98. The summed E-state index contributed by atoms with van der Waals surface area (Å²) in [4.78, 5) is 41.1. The van der Waals surface area contributed by atoms with Crippen LogP contribution in [0.1, 0.15) is 35.5 Å². The Hall–Kier alpha value is -4.07. The van der Waals surface area contributed by atoms with Gasteiger partial charge in [-0.25, -0.2) is 0 Å². The van der Waals surface area contributed by atoms with Crippen molar-refractivity contribution in [3.05, 3.63) is 80.3 Å². The number of pyridine rings is 2. The first-order valence-electron chi connectivity index (χ1n) is 11.0. The molecule has 0 aliphatic rings. The molecular weight excluding hydrogens is 432 g/mol. The zero-order valence-electron chi connectivity index (χ0n) is 20.1. The highest BCUT2D eigenvalue weighted by Gasteiger charge is 2.20. The van der Waals surface area contributed by atoms with Crippen molar-refractivity contribution in [3.8, 4) is 22.6 Å². The number of benzene rings is 1. The molecule has 8 nitrogen and oxygen atoms in total. The van der Waals surface area contributed by atoms with Gasteiger partial charge in [0.05, 0.1) is 6.20 Å². The molecular formula is C26H28N4O4. The van der Waals surface area contributed by atoms with Crippen molar-refractivity contribution in [1.29, 1.82) is 0 Å². The van der Waals surface area contributed by atoms with E-state index in [0.29, 0.717) is 28.0 Å². The van der Waals surface area contributed by atoms with E-state index >= 15 is 0 Å². The minimum absolute atomic E-state index is 0.0595. The number of H-pyrrole nitrogens is 1. The number of amides is 1. The van der Waals surface area contributed by atoms with Crippen molar-refractivity contribution in [2.24, 2.45) is 14.1 Å². The third kappa shape index (κ3) is 4.14. The van der Waals surface area contributed by atoms with E-state index in [1.54, 1.807) is 32.6 Å². The Bertz CT molecular complexity index is 1520. The lowest BCUT2D eigenvalue weighted by Gasteiger charge is -2.17. The number of aromatic nitrogens is 3. The fourth-order valence-electron chi connectivity index (χ4n) is 3.98. The van der Waals surface area contributed by atoms with Gasteiger partial charge in [-0.2, -0.15) is 0 Å². The van der Waals surface area contributed by atoms with Gasteiger partial charge < -0.3 is 24.2 Å². The molecule has 1 amide bonds. The number of carbonyl (C=O) groups excluding carboxylic acids is 1. The molecule has 0 aliphatic carbocycles. The summed E-state index contributed by atoms with van der Waals surface area (Å²) in [5.74, 6) is 0.860. The first-order valence-corrected chi connectivity index (χ1v) is 11.0. The normalized spacial score (nSPS) is 11.3. The summed E-state index contributed by atoms with van der Waals surface area (Å²) >= 11 is 0. The van der Waals surface area contributed by atoms with Crippen molar-refractivity contribution < 1.29 is 9.53 Å². The van der Waals surface area contributed by atoms with Gasteiger partial charge in [-0.1, -0.05) is 18.2 Å². The van der Waals surface area contributed by atoms with Crippen molar-refractivity contribution in [1.82, 2.24) is 19.4 Å². The molecule has 0 bridgehead atoms. The summed E-state index contributed by atoms with van der Waals surface area (Å²) < 4.78 is 9.23. The second-order valence-corrected chi connectivity index (χ2v) is 8.88. The summed E-state index contributed by atoms with van der Waals surface area (Å²) in [5, 5.41) is 3.37. The molecule has 4 rings (SSSR count). The zero-order chi connectivity index (χ0) is 24.7. The predicted octanol–water partition coefficient (Wildman–Crippen LogP) is 3.78. The number of ether oxygens (including phenoxy) is 1. The molecule has 0 aliphatic heterocycles. The number of aryl methyl sites for hydroxylation is 4. The Morgan fingerprint density at radius 3 is 2.32 bits per heavy atom. The zero-order valence-corrected chi connectivity index (χ0v) is 20.1. The van der Waals surface area contributed by atoms with Gasteiger partial charge in [0.1, 0.15) is 17.0 Å². The minimum Gasteiger partial charge on any atom is -0.455 e. The number of aromatic amines is 1. The van der Waals surface area contributed by atoms with Crippen LogP contribution in [0.15, 0.2) is 52.3 Å². The maximum Gasteiger partial charge on any atom is 0.274 e. The third-order valence-corrected chi connectivity index (χ3v) is 5.73. The maximum absolute atomic E-state index is 12.9. The van der Waals surface area contributed by atoms with E-state index in [0.717, 1.165) is 11.1 Å². The lowest BCUT2D eigenvalue weighted by molar-refractivity contribution is 0.0939. The molecule has 0 fully saturated rings. The van der Waals surface area contributed by atoms with Crippen molar-refractivity contribution in [3.63, 3.8) is 0 Å². The van der Waals surface area contributed by atoms with Gasteiger partial charge in [0, 0.05) is 48.9 Å². The molecule has 176 valence electrons. The van der Waals surface area contributed by atoms with Crippen molar-refractivity contribution in [2.45, 2.75) is 33.7 Å². The van der Waals surface area contributed by atoms with Crippen LogP contribution in [0.4, 0.5) is 0 Å². The molecule has 2 N–H and O–H groups in total. The lowest BCUT2D eigenvalue weighted by atomic mass is 10.0. The molecule has 0 atom stereocenters. The number of carbonyl (C=O) groups is 1. The molecule has 3 heterocycles. The molecule has 0 saturated carbocycles. The summed E-state index contributed by atoms with van der Waals surface area (Å²) in [6.45, 7) is 7.64. The summed E-state index contributed by atoms with van der Waals surface area (Å²) in [6, 6.07) is 8.95. The SMILES string of the molecule is Cc1cccc(C)c1Oc1cn(C)c(=O)cc1-c1cn(C)c(=O)c2[nH]c(C(=O)NC(C)C)cc12. The van der Waals surface area contributed by atoms with Crippen LogP contribution in [0.2, 0.25) is 0 Å². The van der Waals surface area contributed by atoms with Gasteiger partial charge in [0.2, 0.25) is 0 Å². The highest BCUT2D eigenvalue weighted by atomic mass is 16.5. The van der Waals surface area contributed by atoms with Gasteiger partial charge >= 0.3 is 0 Å². The van der Waals surface area contributed by atoms with Gasteiger partial charge in [-0.15, -0.1) is 0 Å². The monoisotopic (exact) mass is 460 g/mol. The number of fused-ring (bicyclic) bond motifs is 1. The quantitative estimate of drug-likeness (QED) is 0.474. The number of nitrogens with one attached hydrogen (secondary N) is 2. The highest BCUT2D eigenvalue weighted by Crippen LogP contribution is 2.37. The second-order valence-electron chi connectivity index (χ2n) is 8.88. The van der Waals surface area contributed by atoms with E-state index in [1.165, 1.54) is 15.2 Å². The Morgan fingerprint density at radius 1 is 1.00 bits per heavy atom. The molecule has 3 aromatic heterocycles. The summed E-state index contributed by atoms with van der Waals surface area (Å²) in [7, 11) is 3.29. The Morgan fingerprint density at radius 2 is 1.68 bits per heavy atom. The van der Waals surface area contributed by atoms with Gasteiger partial charge in [-0.05, 0) is 44.9 Å². The topological polar surface area (TPSA) is 98.1 Å². The van der Waals surface area contributed by atoms with Gasteiger partial charge in [-0.3, -0.25) is 14.4 Å². The smallest absolute Gasteiger partial charge is 0.274 e. The number of nitrogens with zero attached hydrogens (tertiary/aromatic N) is 2. The van der Waals surface area contributed by atoms with E-state index in [9.17, 15) is 14.4 Å². The molecule has 0 radical (unpaired) electrons. The van der Waals surface area contributed by atoms with Crippen molar-refractivity contribution in [2.75, 3.05) is 0 Å². The van der Waals surface area contributed by atoms with Crippen LogP contribution >= 0.6 is 0 Å². The van der Waals surface area contributed by atoms with Crippen LogP contribution in [-0.2, 0) is 14.1 Å². The first-order chi connectivity index (χ1) is 16.1. The number of hydrogen-bond acceptors (Lipinski definition) is 4. The molecule has 1 aromatic carbocycles. The van der Waals surface area contributed by atoms with Crippen LogP contribution in [0, 0.1) is 13.8 Å². The fraction of sp³-hybridized carbons (Fsp3) is 0.269. The number of hydrogen-bond donors (Lipinski definition) is 2. The Kier molecular flexibility index (Phi) is 5.91. The van der Waals surface area contributed by atoms with Gasteiger partial charge in [0.15, 0.2) is 5.75 Å². The Labute approximate surface area is 196 Å². The second kappa shape index (κ2) is 8.70. The molecule has 0 saturated heterocycles. The molecule has 8 heteroatoms. The number of para-hydroxylation sites is 1. The summed E-state index contributed by atoms with van der Waals surface area (Å²) in [5.41, 5.74) is 3.11. The van der Waals surface area contributed by atoms with Crippen LogP contribution in [0.5, 0.6) is 11.5 Å². The predicted molar refractivity (Wildman–Crippen MR) is 133 cm³/mol. The third-order valence-electron chi connectivity index (χ3n) is 5.73. The standard InChI is InChI=1S/C26H28N4O4/c1-14(2)27-25(32)20-10-18-19(12-30(6)26(33)23(18)28-20)17-11-22(31)29(5)13-21(17)34-24-15(3)8-7-9-16(24)4/h7-14,28H,1-6H3,(H,27,32). The molecule has 0 spiro atoms. The average Bonchev–Trinajstić information content (AvgIpc) is 3.21. The maximum atomic E-state index is 12.9. The number of rotatable bonds is 5. The van der Waals surface area contributed by atoms with Crippen LogP contribution in [-0.4, -0.2) is 26.1 Å². The molecule has 0 unspecified atom stereocenters. The van der Waals surface area contributed by atoms with Crippen LogP contribution in [0.3, 0.4) is 0 Å². The van der Waals surface area contributed by atoms with Gasteiger partial charge in [0.25, 0.3) is 17.0 Å². The van der Waals surface area contributed by atoms with Crippen molar-refractivity contribution >= 4 is 16.8 Å². The van der Waals surface area contributed by atoms with Crippen LogP contribution in [0.25, 0.3) is 22.0 Å². The minimum atomic E-state index is -0.310. The van der Waals surface area contributed by atoms with E-state index in [1.807, 2.05) is 45.9 Å². The van der Waals surface area contributed by atoms with E-state index in [4.69, 9.17) is 4.74 Å². The average molecular weight is 461 g/mol. The largest absolute Gasteiger partial charge is 0.455 e. The van der Waals surface area contributed by atoms with E-state index < -0.39 is 0 Å². The van der Waals surface area contributed by atoms with Crippen LogP contribution < -0.4 is 21.2 Å². The lowest BCUT2D eigenvalue weighted by Crippen LogP contribution is -2.30. The van der Waals surface area contributed by atoms with E-state index in [-0.39, 0.29) is 34.3 Å². The first kappa shape index (κ1) is 23.1. The summed E-state index contributed by atoms with van der Waals surface area (Å²) in [6.07, 6.45) is 3.30. The molecule has 4 aromatic rings. The van der Waals surface area contributed by atoms with E-state index in [2.05, 4.69) is 10.3 Å². The molecule has 34 heavy (non-hydrogen) atoms. The Balaban J connectivity index is 1.97.